The highest BCUT2D eigenvalue weighted by molar-refractivity contribution is 7.92. The fourth-order valence-corrected chi connectivity index (χ4v) is 6.66. The molecule has 242 valence electrons. The van der Waals surface area contributed by atoms with Crippen LogP contribution in [-0.4, -0.2) is 44.3 Å². The van der Waals surface area contributed by atoms with Crippen molar-refractivity contribution in [2.45, 2.75) is 37.0 Å². The van der Waals surface area contributed by atoms with Gasteiger partial charge in [0.15, 0.2) is 0 Å². The van der Waals surface area contributed by atoms with E-state index in [0.717, 1.165) is 12.1 Å². The molecule has 0 saturated carbocycles. The third-order valence-corrected chi connectivity index (χ3v) is 9.42. The highest BCUT2D eigenvalue weighted by Gasteiger charge is 2.36. The zero-order valence-electron chi connectivity index (χ0n) is 24.5. The van der Waals surface area contributed by atoms with Crippen LogP contribution in [-0.2, 0) is 38.8 Å². The van der Waals surface area contributed by atoms with Crippen molar-refractivity contribution in [3.05, 3.63) is 130 Å². The number of rotatable bonds is 12. The van der Waals surface area contributed by atoms with Crippen LogP contribution in [0.15, 0.2) is 108 Å². The van der Waals surface area contributed by atoms with E-state index in [1.165, 1.54) is 41.3 Å². The number of halogens is 5. The number of nitrogens with zero attached hydrogens (tertiary/aromatic N) is 2. The molecular formula is C33H30Cl2F3N3O4S. The van der Waals surface area contributed by atoms with Crippen LogP contribution in [0.1, 0.15) is 23.6 Å². The second-order valence-corrected chi connectivity index (χ2v) is 12.9. The third kappa shape index (κ3) is 8.60. The summed E-state index contributed by atoms with van der Waals surface area (Å²) in [5.74, 6) is -1.36. The maximum absolute atomic E-state index is 14.4. The highest BCUT2D eigenvalue weighted by atomic mass is 35.5. The normalized spacial score (nSPS) is 12.3. The Morgan fingerprint density at radius 3 is 2.13 bits per heavy atom. The number of benzene rings is 4. The van der Waals surface area contributed by atoms with Gasteiger partial charge in [-0.2, -0.15) is 13.2 Å². The smallest absolute Gasteiger partial charge is 0.355 e. The number of likely N-dealkylation sites (N-methyl/N-ethyl adjacent to an activating group) is 1. The lowest BCUT2D eigenvalue weighted by Crippen LogP contribution is -2.53. The van der Waals surface area contributed by atoms with E-state index >= 15 is 0 Å². The van der Waals surface area contributed by atoms with Crippen LogP contribution in [0.4, 0.5) is 18.9 Å². The van der Waals surface area contributed by atoms with Gasteiger partial charge in [-0.15, -0.1) is 0 Å². The Hall–Kier alpha value is -4.06. The highest BCUT2D eigenvalue weighted by Crippen LogP contribution is 2.33. The number of hydrogen-bond donors (Lipinski definition) is 1. The number of carbonyl (C=O) groups is 2. The van der Waals surface area contributed by atoms with Crippen LogP contribution in [0.25, 0.3) is 0 Å². The molecule has 4 aromatic rings. The second-order valence-electron chi connectivity index (χ2n) is 10.2. The molecular weight excluding hydrogens is 662 g/mol. The van der Waals surface area contributed by atoms with Crippen molar-refractivity contribution in [1.29, 1.82) is 0 Å². The minimum Gasteiger partial charge on any atom is -0.355 e. The molecule has 4 rings (SSSR count). The van der Waals surface area contributed by atoms with Crippen LogP contribution in [0, 0.1) is 0 Å². The third-order valence-electron chi connectivity index (χ3n) is 7.05. The average molecular weight is 693 g/mol. The van der Waals surface area contributed by atoms with Gasteiger partial charge in [0.25, 0.3) is 10.0 Å². The summed E-state index contributed by atoms with van der Waals surface area (Å²) in [6.45, 7) is 0.799. The van der Waals surface area contributed by atoms with Crippen LogP contribution in [0.5, 0.6) is 0 Å². The molecule has 0 fully saturated rings. The number of sulfonamides is 1. The lowest BCUT2D eigenvalue weighted by Gasteiger charge is -2.34. The van der Waals surface area contributed by atoms with Gasteiger partial charge < -0.3 is 10.2 Å². The van der Waals surface area contributed by atoms with E-state index in [0.29, 0.717) is 26.5 Å². The summed E-state index contributed by atoms with van der Waals surface area (Å²) >= 11 is 12.5. The lowest BCUT2D eigenvalue weighted by atomic mass is 10.0. The molecule has 1 N–H and O–H groups in total. The molecule has 0 spiro atoms. The van der Waals surface area contributed by atoms with Crippen molar-refractivity contribution in [2.24, 2.45) is 0 Å². The molecule has 1 atom stereocenters. The predicted molar refractivity (Wildman–Crippen MR) is 172 cm³/mol. The number of anilines is 1. The van der Waals surface area contributed by atoms with E-state index in [1.807, 2.05) is 0 Å². The maximum Gasteiger partial charge on any atom is 0.416 e. The van der Waals surface area contributed by atoms with Gasteiger partial charge in [0.1, 0.15) is 12.6 Å². The summed E-state index contributed by atoms with van der Waals surface area (Å²) in [6, 6.07) is 23.1. The minimum atomic E-state index is -4.78. The van der Waals surface area contributed by atoms with Crippen LogP contribution in [0.3, 0.4) is 0 Å². The van der Waals surface area contributed by atoms with Crippen molar-refractivity contribution in [3.8, 4) is 0 Å². The number of hydrogen-bond acceptors (Lipinski definition) is 4. The summed E-state index contributed by atoms with van der Waals surface area (Å²) in [5.41, 5.74) is -0.349. The summed E-state index contributed by atoms with van der Waals surface area (Å²) < 4.78 is 69.7. The summed E-state index contributed by atoms with van der Waals surface area (Å²) in [6.07, 6.45) is -4.72. The number of amides is 2. The Morgan fingerprint density at radius 2 is 1.52 bits per heavy atom. The van der Waals surface area contributed by atoms with Crippen LogP contribution >= 0.6 is 23.2 Å². The zero-order valence-corrected chi connectivity index (χ0v) is 26.9. The van der Waals surface area contributed by atoms with Gasteiger partial charge in [0.2, 0.25) is 11.8 Å². The molecule has 0 bridgehead atoms. The maximum atomic E-state index is 14.4. The van der Waals surface area contributed by atoms with E-state index in [-0.39, 0.29) is 35.1 Å². The largest absolute Gasteiger partial charge is 0.416 e. The number of nitrogens with one attached hydrogen (secondary N) is 1. The predicted octanol–water partition coefficient (Wildman–Crippen LogP) is 6.98. The van der Waals surface area contributed by atoms with E-state index in [1.54, 1.807) is 55.5 Å². The monoisotopic (exact) mass is 691 g/mol. The van der Waals surface area contributed by atoms with Crippen molar-refractivity contribution < 1.29 is 31.2 Å². The summed E-state index contributed by atoms with van der Waals surface area (Å²) in [7, 11) is -4.57. The Balaban J connectivity index is 1.85. The molecule has 2 amide bonds. The van der Waals surface area contributed by atoms with Gasteiger partial charge in [0, 0.05) is 29.6 Å². The topological polar surface area (TPSA) is 86.8 Å². The van der Waals surface area contributed by atoms with Crippen LogP contribution in [0.2, 0.25) is 10.0 Å². The Bertz CT molecular complexity index is 1780. The first-order valence-electron chi connectivity index (χ1n) is 14.1. The Labute approximate surface area is 275 Å². The first-order valence-corrected chi connectivity index (χ1v) is 16.3. The summed E-state index contributed by atoms with van der Waals surface area (Å²) in [4.78, 5) is 28.8. The van der Waals surface area contributed by atoms with Gasteiger partial charge in [-0.25, -0.2) is 8.42 Å². The number of alkyl halides is 3. The Kier molecular flexibility index (Phi) is 11.4. The van der Waals surface area contributed by atoms with Crippen molar-refractivity contribution in [2.75, 3.05) is 17.4 Å². The van der Waals surface area contributed by atoms with Gasteiger partial charge in [-0.05, 0) is 60.5 Å². The molecule has 0 saturated heterocycles. The molecule has 0 aromatic heterocycles. The van der Waals surface area contributed by atoms with E-state index in [2.05, 4.69) is 5.32 Å². The van der Waals surface area contributed by atoms with Gasteiger partial charge in [0.05, 0.1) is 16.1 Å². The van der Waals surface area contributed by atoms with Gasteiger partial charge >= 0.3 is 6.18 Å². The quantitative estimate of drug-likeness (QED) is 0.174. The first-order chi connectivity index (χ1) is 21.8. The van der Waals surface area contributed by atoms with Crippen molar-refractivity contribution >= 4 is 50.7 Å². The second kappa shape index (κ2) is 15.0. The standard InChI is InChI=1S/C33H30Cl2F3N3O4S/c1-2-39-32(43)30(18-23-10-5-3-6-11-23)40(21-24-16-17-26(34)20-29(24)35)31(42)22-41(46(44,45)28-14-7-4-8-15-28)27-13-9-12-25(19-27)33(36,37)38/h3-17,19-20,30H,2,18,21-22H2,1H3,(H,39,43). The average Bonchev–Trinajstić information content (AvgIpc) is 3.03. The first kappa shape index (κ1) is 34.8. The van der Waals surface area contributed by atoms with Crippen LogP contribution < -0.4 is 9.62 Å². The fraction of sp³-hybridized carbons (Fsp3) is 0.212. The molecule has 0 aliphatic carbocycles. The van der Waals surface area contributed by atoms with Gasteiger partial charge in [-0.1, -0.05) is 83.9 Å². The van der Waals surface area contributed by atoms with E-state index in [9.17, 15) is 31.2 Å². The SMILES string of the molecule is CCNC(=O)C(Cc1ccccc1)N(Cc1ccc(Cl)cc1Cl)C(=O)CN(c1cccc(C(F)(F)F)c1)S(=O)(=O)c1ccccc1. The summed E-state index contributed by atoms with van der Waals surface area (Å²) in [5, 5.41) is 3.27. The zero-order chi connectivity index (χ0) is 33.5. The van der Waals surface area contributed by atoms with E-state index < -0.39 is 46.2 Å². The van der Waals surface area contributed by atoms with E-state index in [4.69, 9.17) is 23.2 Å². The number of carbonyl (C=O) groups excluding carboxylic acids is 2. The molecule has 0 heterocycles. The molecule has 7 nitrogen and oxygen atoms in total. The lowest BCUT2D eigenvalue weighted by molar-refractivity contribution is -0.140. The van der Waals surface area contributed by atoms with Gasteiger partial charge in [-0.3, -0.25) is 13.9 Å². The minimum absolute atomic E-state index is 0.0542. The molecule has 13 heteroatoms. The molecule has 1 unspecified atom stereocenters. The molecule has 0 aliphatic rings. The molecule has 46 heavy (non-hydrogen) atoms. The molecule has 0 radical (unpaired) electrons. The van der Waals surface area contributed by atoms with Crippen molar-refractivity contribution in [3.63, 3.8) is 0 Å². The molecule has 0 aliphatic heterocycles. The fourth-order valence-electron chi connectivity index (χ4n) is 4.77. The Morgan fingerprint density at radius 1 is 0.870 bits per heavy atom. The van der Waals surface area contributed by atoms with Crippen molar-refractivity contribution in [1.82, 2.24) is 10.2 Å². The molecule has 4 aromatic carbocycles.